The lowest BCUT2D eigenvalue weighted by atomic mass is 9.96. The number of anilines is 2. The van der Waals surface area contributed by atoms with Gasteiger partial charge in [-0.25, -0.2) is 31.6 Å². The number of aromatic nitrogens is 2. The third kappa shape index (κ3) is 4.94. The van der Waals surface area contributed by atoms with E-state index in [1.807, 2.05) is 25.5 Å². The summed E-state index contributed by atoms with van der Waals surface area (Å²) in [5.41, 5.74) is 5.93. The van der Waals surface area contributed by atoms with E-state index in [1.165, 1.54) is 36.2 Å². The number of benzene rings is 2. The molecule has 1 aliphatic rings. The monoisotopic (exact) mass is 521 g/mol. The lowest BCUT2D eigenvalue weighted by Crippen LogP contribution is -2.33. The van der Waals surface area contributed by atoms with Gasteiger partial charge in [0.05, 0.1) is 27.4 Å². The van der Waals surface area contributed by atoms with Gasteiger partial charge < -0.3 is 11.1 Å². The molecule has 35 heavy (non-hydrogen) atoms. The molecular formula is C23H22F3N5O2S2. The van der Waals surface area contributed by atoms with E-state index in [2.05, 4.69) is 15.3 Å². The van der Waals surface area contributed by atoms with Crippen molar-refractivity contribution in [2.75, 3.05) is 10.5 Å². The predicted molar refractivity (Wildman–Crippen MR) is 131 cm³/mol. The second-order valence-electron chi connectivity index (χ2n) is 8.84. The number of rotatable bonds is 5. The average molecular weight is 522 g/mol. The summed E-state index contributed by atoms with van der Waals surface area (Å²) < 4.78 is 71.3. The number of nitrogens with one attached hydrogen (secondary N) is 2. The molecule has 0 amide bonds. The molecule has 0 spiro atoms. The highest BCUT2D eigenvalue weighted by Gasteiger charge is 2.36. The molecule has 0 saturated carbocycles. The van der Waals surface area contributed by atoms with Crippen LogP contribution >= 0.6 is 11.8 Å². The van der Waals surface area contributed by atoms with E-state index in [-0.39, 0.29) is 22.3 Å². The third-order valence-electron chi connectivity index (χ3n) is 5.13. The molecule has 184 valence electrons. The second kappa shape index (κ2) is 9.08. The molecule has 0 fully saturated rings. The van der Waals surface area contributed by atoms with Crippen LogP contribution in [0.15, 0.2) is 53.6 Å². The third-order valence-corrected chi connectivity index (χ3v) is 8.26. The summed E-state index contributed by atoms with van der Waals surface area (Å²) in [6.07, 6.45) is 1.48. The highest BCUT2D eigenvalue weighted by Crippen LogP contribution is 2.47. The van der Waals surface area contributed by atoms with Crippen LogP contribution in [0.5, 0.6) is 0 Å². The van der Waals surface area contributed by atoms with Gasteiger partial charge in [0.2, 0.25) is 5.95 Å². The number of nitrogens with zero attached hydrogens (tertiary/aromatic N) is 2. The van der Waals surface area contributed by atoms with Crippen molar-refractivity contribution in [3.63, 3.8) is 0 Å². The number of hydrogen-bond acceptors (Lipinski definition) is 7. The van der Waals surface area contributed by atoms with Gasteiger partial charge in [-0.15, -0.1) is 0 Å². The van der Waals surface area contributed by atoms with Gasteiger partial charge >= 0.3 is 0 Å². The summed E-state index contributed by atoms with van der Waals surface area (Å²) in [6.45, 7) is 6.03. The van der Waals surface area contributed by atoms with Gasteiger partial charge in [-0.2, -0.15) is 0 Å². The fraction of sp³-hybridized carbons (Fsp3) is 0.217. The predicted octanol–water partition coefficient (Wildman–Crippen LogP) is 4.81. The van der Waals surface area contributed by atoms with Crippen LogP contribution in [0.3, 0.4) is 0 Å². The largest absolute Gasteiger partial charge is 0.371 e. The molecule has 1 aliphatic heterocycles. The molecular weight excluding hydrogens is 499 g/mol. The first-order valence-corrected chi connectivity index (χ1v) is 12.8. The van der Waals surface area contributed by atoms with E-state index in [0.29, 0.717) is 16.3 Å². The number of sulfonamides is 1. The molecule has 4 rings (SSSR count). The fourth-order valence-corrected chi connectivity index (χ4v) is 5.91. The van der Waals surface area contributed by atoms with Gasteiger partial charge in [-0.1, -0.05) is 44.7 Å². The van der Waals surface area contributed by atoms with E-state index < -0.39 is 38.1 Å². The Labute approximate surface area is 205 Å². The molecule has 1 atom stereocenters. The van der Waals surface area contributed by atoms with Crippen molar-refractivity contribution in [2.45, 2.75) is 31.0 Å². The van der Waals surface area contributed by atoms with Crippen LogP contribution in [0.2, 0.25) is 0 Å². The molecule has 0 aliphatic carbocycles. The molecule has 0 bridgehead atoms. The molecule has 4 N–H and O–H groups in total. The van der Waals surface area contributed by atoms with Crippen LogP contribution in [0, 0.1) is 22.9 Å². The number of halogens is 3. The maximum atomic E-state index is 15.7. The summed E-state index contributed by atoms with van der Waals surface area (Å²) in [5, 5.41) is 3.13. The SMILES string of the molecule is CC(C)(C)C1NC(c2cccc(NS(=O)(=O)c3c(F)cccc3F)c2F)=C(c2ccnc(N)n2)S1. The quantitative estimate of drug-likeness (QED) is 0.442. The normalized spacial score (nSPS) is 16.3. The Morgan fingerprint density at radius 2 is 1.71 bits per heavy atom. The van der Waals surface area contributed by atoms with E-state index >= 15 is 4.39 Å². The molecule has 7 nitrogen and oxygen atoms in total. The minimum atomic E-state index is -4.76. The minimum absolute atomic E-state index is 0.0445. The summed E-state index contributed by atoms with van der Waals surface area (Å²) in [6, 6.07) is 8.35. The van der Waals surface area contributed by atoms with Crippen LogP contribution in [0.4, 0.5) is 24.8 Å². The van der Waals surface area contributed by atoms with E-state index in [9.17, 15) is 17.2 Å². The minimum Gasteiger partial charge on any atom is -0.371 e. The second-order valence-corrected chi connectivity index (χ2v) is 11.6. The molecule has 0 saturated heterocycles. The van der Waals surface area contributed by atoms with Crippen LogP contribution < -0.4 is 15.8 Å². The van der Waals surface area contributed by atoms with Crippen molar-refractivity contribution in [3.05, 3.63) is 77.4 Å². The molecule has 1 aromatic heterocycles. The van der Waals surface area contributed by atoms with Crippen LogP contribution in [0.1, 0.15) is 32.0 Å². The topological polar surface area (TPSA) is 110 Å². The maximum Gasteiger partial charge on any atom is 0.267 e. The summed E-state index contributed by atoms with van der Waals surface area (Å²) in [4.78, 5) is 7.55. The van der Waals surface area contributed by atoms with Crippen molar-refractivity contribution in [3.8, 4) is 0 Å². The fourth-order valence-electron chi connectivity index (χ4n) is 3.42. The highest BCUT2D eigenvalue weighted by atomic mass is 32.2. The number of nitrogens with two attached hydrogens (primary N) is 1. The molecule has 12 heteroatoms. The van der Waals surface area contributed by atoms with Crippen molar-refractivity contribution < 1.29 is 21.6 Å². The van der Waals surface area contributed by atoms with E-state index in [0.717, 1.165) is 18.2 Å². The number of thioether (sulfide) groups is 1. The number of hydrogen-bond donors (Lipinski definition) is 3. The molecule has 1 unspecified atom stereocenters. The Balaban J connectivity index is 1.80. The highest BCUT2D eigenvalue weighted by molar-refractivity contribution is 8.09. The average Bonchev–Trinajstić information content (AvgIpc) is 3.21. The lowest BCUT2D eigenvalue weighted by Gasteiger charge is -2.27. The maximum absolute atomic E-state index is 15.7. The van der Waals surface area contributed by atoms with Crippen molar-refractivity contribution in [2.24, 2.45) is 5.41 Å². The van der Waals surface area contributed by atoms with Gasteiger partial charge in [0.15, 0.2) is 10.7 Å². The smallest absolute Gasteiger partial charge is 0.267 e. The Morgan fingerprint density at radius 3 is 2.34 bits per heavy atom. The van der Waals surface area contributed by atoms with E-state index in [4.69, 9.17) is 5.73 Å². The van der Waals surface area contributed by atoms with Crippen molar-refractivity contribution in [1.82, 2.24) is 15.3 Å². The molecule has 3 aromatic rings. The van der Waals surface area contributed by atoms with Gasteiger partial charge in [0, 0.05) is 11.8 Å². The van der Waals surface area contributed by atoms with Crippen LogP contribution in [0.25, 0.3) is 10.6 Å². The van der Waals surface area contributed by atoms with Gasteiger partial charge in [-0.3, -0.25) is 4.72 Å². The molecule has 0 radical (unpaired) electrons. The Bertz CT molecular complexity index is 1420. The first kappa shape index (κ1) is 24.9. The van der Waals surface area contributed by atoms with Gasteiger partial charge in [-0.05, 0) is 35.7 Å². The number of nitrogen functional groups attached to an aromatic ring is 1. The zero-order valence-corrected chi connectivity index (χ0v) is 20.6. The van der Waals surface area contributed by atoms with Gasteiger partial charge in [0.1, 0.15) is 11.6 Å². The lowest BCUT2D eigenvalue weighted by molar-refractivity contribution is 0.379. The van der Waals surface area contributed by atoms with Crippen molar-refractivity contribution in [1.29, 1.82) is 0 Å². The summed E-state index contributed by atoms with van der Waals surface area (Å²) in [7, 11) is -4.76. The standard InChI is InChI=1S/C23H22F3N5O2S2/c1-23(2,3)21-30-18(19(34-21)16-10-11-28-22(27)29-16)12-6-4-9-15(17(12)26)31-35(32,33)20-13(24)7-5-8-14(20)25/h4-11,21,30-31H,1-3H3,(H2,27,28,29). The Morgan fingerprint density at radius 1 is 1.06 bits per heavy atom. The molecule has 2 aromatic carbocycles. The van der Waals surface area contributed by atoms with Crippen LogP contribution in [-0.2, 0) is 10.0 Å². The first-order valence-electron chi connectivity index (χ1n) is 10.4. The van der Waals surface area contributed by atoms with Gasteiger partial charge in [0.25, 0.3) is 10.0 Å². The Kier molecular flexibility index (Phi) is 6.45. The van der Waals surface area contributed by atoms with E-state index in [1.54, 1.807) is 6.07 Å². The molecule has 2 heterocycles. The van der Waals surface area contributed by atoms with Crippen LogP contribution in [-0.4, -0.2) is 23.8 Å². The Hall–Kier alpha value is -3.25. The summed E-state index contributed by atoms with van der Waals surface area (Å²) in [5.74, 6) is -3.46. The zero-order chi connectivity index (χ0) is 25.5. The summed E-state index contributed by atoms with van der Waals surface area (Å²) >= 11 is 1.43. The zero-order valence-electron chi connectivity index (χ0n) is 18.9. The van der Waals surface area contributed by atoms with Crippen molar-refractivity contribution >= 4 is 44.0 Å². The first-order chi connectivity index (χ1) is 16.4.